The van der Waals surface area contributed by atoms with Crippen LogP contribution in [0.15, 0.2) is 30.5 Å². The van der Waals surface area contributed by atoms with Crippen molar-refractivity contribution >= 4 is 16.9 Å². The molecule has 0 spiro atoms. The van der Waals surface area contributed by atoms with Gasteiger partial charge in [0.1, 0.15) is 5.69 Å². The van der Waals surface area contributed by atoms with E-state index in [1.165, 1.54) is 6.20 Å². The van der Waals surface area contributed by atoms with E-state index in [0.29, 0.717) is 24.2 Å². The summed E-state index contributed by atoms with van der Waals surface area (Å²) in [6.45, 7) is 2.63. The first-order valence-corrected chi connectivity index (χ1v) is 6.31. The van der Waals surface area contributed by atoms with E-state index < -0.39 is 0 Å². The average Bonchev–Trinajstić information content (AvgIpc) is 2.44. The molecule has 0 fully saturated rings. The number of carbonyl (C=O) groups excluding carboxylic acids is 1. The van der Waals surface area contributed by atoms with Crippen molar-refractivity contribution in [2.75, 3.05) is 13.2 Å². The Hall–Kier alpha value is -2.01. The number of aromatic nitrogens is 2. The molecule has 0 aliphatic heterocycles. The van der Waals surface area contributed by atoms with Crippen molar-refractivity contribution in [3.05, 3.63) is 36.2 Å². The topological polar surface area (TPSA) is 75.1 Å². The van der Waals surface area contributed by atoms with Crippen LogP contribution in [0.1, 0.15) is 23.8 Å². The molecule has 2 rings (SSSR count). The van der Waals surface area contributed by atoms with Crippen molar-refractivity contribution < 1.29 is 9.90 Å². The summed E-state index contributed by atoms with van der Waals surface area (Å²) in [6.07, 6.45) is 2.15. The van der Waals surface area contributed by atoms with Gasteiger partial charge in [-0.3, -0.25) is 9.78 Å². The summed E-state index contributed by atoms with van der Waals surface area (Å²) in [5.41, 5.74) is 1.79. The first-order chi connectivity index (χ1) is 9.20. The van der Waals surface area contributed by atoms with Crippen molar-refractivity contribution in [1.82, 2.24) is 15.3 Å². The lowest BCUT2D eigenvalue weighted by Crippen LogP contribution is -2.29. The number of amides is 1. The number of aliphatic hydroxyl groups excluding tert-OH is 1. The van der Waals surface area contributed by atoms with E-state index in [1.54, 1.807) is 0 Å². The molecule has 5 heteroatoms. The minimum absolute atomic E-state index is 0.132. The van der Waals surface area contributed by atoms with Crippen LogP contribution in [0.25, 0.3) is 11.0 Å². The Morgan fingerprint density at radius 2 is 2.11 bits per heavy atom. The Morgan fingerprint density at radius 1 is 1.37 bits per heavy atom. The van der Waals surface area contributed by atoms with Crippen molar-refractivity contribution in [3.63, 3.8) is 0 Å². The van der Waals surface area contributed by atoms with Crippen LogP contribution in [0.5, 0.6) is 0 Å². The Morgan fingerprint density at radius 3 is 2.84 bits per heavy atom. The Balaban J connectivity index is 2.05. The molecule has 5 nitrogen and oxygen atoms in total. The third kappa shape index (κ3) is 3.48. The summed E-state index contributed by atoms with van der Waals surface area (Å²) in [7, 11) is 0. The van der Waals surface area contributed by atoms with Gasteiger partial charge >= 0.3 is 0 Å². The number of fused-ring (bicyclic) bond motifs is 1. The molecule has 100 valence electrons. The van der Waals surface area contributed by atoms with Gasteiger partial charge in [0.05, 0.1) is 17.2 Å². The molecule has 1 amide bonds. The number of benzene rings is 1. The van der Waals surface area contributed by atoms with Crippen LogP contribution in [-0.4, -0.2) is 34.1 Å². The van der Waals surface area contributed by atoms with Gasteiger partial charge in [-0.25, -0.2) is 4.98 Å². The molecule has 1 unspecified atom stereocenters. The van der Waals surface area contributed by atoms with E-state index in [4.69, 9.17) is 5.11 Å². The van der Waals surface area contributed by atoms with Crippen LogP contribution in [0.3, 0.4) is 0 Å². The molecular formula is C14H17N3O2. The molecule has 0 radical (unpaired) electrons. The molecule has 0 bridgehead atoms. The lowest BCUT2D eigenvalue weighted by molar-refractivity contribution is 0.0940. The molecule has 0 aliphatic carbocycles. The summed E-state index contributed by atoms with van der Waals surface area (Å²) in [4.78, 5) is 20.4. The van der Waals surface area contributed by atoms with E-state index in [-0.39, 0.29) is 18.4 Å². The van der Waals surface area contributed by atoms with Gasteiger partial charge < -0.3 is 10.4 Å². The van der Waals surface area contributed by atoms with Crippen LogP contribution in [0, 0.1) is 5.92 Å². The van der Waals surface area contributed by atoms with Crippen LogP contribution in [-0.2, 0) is 0 Å². The molecule has 0 saturated heterocycles. The van der Waals surface area contributed by atoms with Crippen molar-refractivity contribution in [1.29, 1.82) is 0 Å². The second-order valence-electron chi connectivity index (χ2n) is 4.57. The maximum atomic E-state index is 11.9. The van der Waals surface area contributed by atoms with Gasteiger partial charge in [0.15, 0.2) is 0 Å². The summed E-state index contributed by atoms with van der Waals surface area (Å²) < 4.78 is 0. The van der Waals surface area contributed by atoms with Gasteiger partial charge in [0.2, 0.25) is 0 Å². The highest BCUT2D eigenvalue weighted by Gasteiger charge is 2.10. The zero-order chi connectivity index (χ0) is 13.7. The zero-order valence-electron chi connectivity index (χ0n) is 10.8. The highest BCUT2D eigenvalue weighted by atomic mass is 16.3. The average molecular weight is 259 g/mol. The summed E-state index contributed by atoms with van der Waals surface area (Å²) >= 11 is 0. The number of para-hydroxylation sites is 2. The molecular weight excluding hydrogens is 242 g/mol. The number of aliphatic hydroxyl groups is 1. The number of carbonyl (C=O) groups is 1. The van der Waals surface area contributed by atoms with Gasteiger partial charge in [-0.1, -0.05) is 19.1 Å². The standard InChI is InChI=1S/C14H17N3O2/c1-10(6-7-18)8-16-14(19)13-9-15-11-4-2-3-5-12(11)17-13/h2-5,9-10,18H,6-8H2,1H3,(H,16,19). The second-order valence-corrected chi connectivity index (χ2v) is 4.57. The predicted octanol–water partition coefficient (Wildman–Crippen LogP) is 1.38. The summed E-state index contributed by atoms with van der Waals surface area (Å²) in [5.74, 6) is 0.00501. The van der Waals surface area contributed by atoms with Crippen LogP contribution in [0.2, 0.25) is 0 Å². The van der Waals surface area contributed by atoms with E-state index in [1.807, 2.05) is 31.2 Å². The number of rotatable bonds is 5. The van der Waals surface area contributed by atoms with Crippen molar-refractivity contribution in [3.8, 4) is 0 Å². The normalized spacial score (nSPS) is 12.3. The number of hydrogen-bond donors (Lipinski definition) is 2. The molecule has 1 heterocycles. The molecule has 19 heavy (non-hydrogen) atoms. The zero-order valence-corrected chi connectivity index (χ0v) is 10.8. The molecule has 0 saturated carbocycles. The molecule has 1 aromatic heterocycles. The lowest BCUT2D eigenvalue weighted by Gasteiger charge is -2.10. The molecule has 2 N–H and O–H groups in total. The highest BCUT2D eigenvalue weighted by Crippen LogP contribution is 2.08. The molecule has 1 aromatic carbocycles. The van der Waals surface area contributed by atoms with E-state index in [0.717, 1.165) is 5.52 Å². The number of nitrogens with zero attached hydrogens (tertiary/aromatic N) is 2. The van der Waals surface area contributed by atoms with Gasteiger partial charge in [0.25, 0.3) is 5.91 Å². The van der Waals surface area contributed by atoms with Gasteiger partial charge in [-0.15, -0.1) is 0 Å². The van der Waals surface area contributed by atoms with Crippen LogP contribution >= 0.6 is 0 Å². The van der Waals surface area contributed by atoms with Gasteiger partial charge in [0, 0.05) is 13.2 Å². The van der Waals surface area contributed by atoms with E-state index in [2.05, 4.69) is 15.3 Å². The summed E-state index contributed by atoms with van der Waals surface area (Å²) in [6, 6.07) is 7.43. The predicted molar refractivity (Wildman–Crippen MR) is 72.7 cm³/mol. The van der Waals surface area contributed by atoms with E-state index in [9.17, 15) is 4.79 Å². The maximum absolute atomic E-state index is 11.9. The second kappa shape index (κ2) is 6.24. The fourth-order valence-corrected chi connectivity index (χ4v) is 1.75. The van der Waals surface area contributed by atoms with Crippen LogP contribution < -0.4 is 5.32 Å². The minimum Gasteiger partial charge on any atom is -0.396 e. The monoisotopic (exact) mass is 259 g/mol. The highest BCUT2D eigenvalue weighted by molar-refractivity contribution is 5.93. The fourth-order valence-electron chi connectivity index (χ4n) is 1.75. The largest absolute Gasteiger partial charge is 0.396 e. The maximum Gasteiger partial charge on any atom is 0.271 e. The minimum atomic E-state index is -0.233. The first kappa shape index (κ1) is 13.4. The third-order valence-corrected chi connectivity index (χ3v) is 2.91. The Kier molecular flexibility index (Phi) is 4.41. The third-order valence-electron chi connectivity index (χ3n) is 2.91. The number of nitrogens with one attached hydrogen (secondary N) is 1. The van der Waals surface area contributed by atoms with Crippen molar-refractivity contribution in [2.45, 2.75) is 13.3 Å². The van der Waals surface area contributed by atoms with E-state index >= 15 is 0 Å². The smallest absolute Gasteiger partial charge is 0.271 e. The van der Waals surface area contributed by atoms with Crippen molar-refractivity contribution in [2.24, 2.45) is 5.92 Å². The quantitative estimate of drug-likeness (QED) is 0.850. The van der Waals surface area contributed by atoms with Crippen LogP contribution in [0.4, 0.5) is 0 Å². The SMILES string of the molecule is CC(CCO)CNC(=O)c1cnc2ccccc2n1. The molecule has 2 aromatic rings. The first-order valence-electron chi connectivity index (χ1n) is 6.31. The van der Waals surface area contributed by atoms with Gasteiger partial charge in [-0.05, 0) is 24.5 Å². The number of hydrogen-bond acceptors (Lipinski definition) is 4. The van der Waals surface area contributed by atoms with Gasteiger partial charge in [-0.2, -0.15) is 0 Å². The Bertz CT molecular complexity index is 571. The fraction of sp³-hybridized carbons (Fsp3) is 0.357. The lowest BCUT2D eigenvalue weighted by atomic mass is 10.1. The summed E-state index contributed by atoms with van der Waals surface area (Å²) in [5, 5.41) is 11.6. The Labute approximate surface area is 111 Å². The molecule has 1 atom stereocenters. The molecule has 0 aliphatic rings.